The Kier molecular flexibility index (Phi) is 16.7. The fourth-order valence-corrected chi connectivity index (χ4v) is 9.73. The van der Waals surface area contributed by atoms with Crippen LogP contribution >= 0.6 is 0 Å². The van der Waals surface area contributed by atoms with Crippen LogP contribution in [0.15, 0.2) is 32.6 Å². The molecular weight excluding hydrogens is 787 g/mol. The van der Waals surface area contributed by atoms with Crippen LogP contribution in [0.1, 0.15) is 206 Å². The van der Waals surface area contributed by atoms with Crippen molar-refractivity contribution < 1.29 is 15.3 Å². The molecule has 0 fully saturated rings. The quantitative estimate of drug-likeness (QED) is 0.0716. The monoisotopic (exact) mass is 868 g/mol. The Morgan fingerprint density at radius 3 is 0.841 bits per heavy atom. The van der Waals surface area contributed by atoms with Gasteiger partial charge in [-0.1, -0.05) is 138 Å². The third-order valence-electron chi connectivity index (χ3n) is 14.4. The predicted octanol–water partition coefficient (Wildman–Crippen LogP) is 11.9. The topological polar surface area (TPSA) is 127 Å². The zero-order valence-corrected chi connectivity index (χ0v) is 41.7. The minimum absolute atomic E-state index is 0.151. The highest BCUT2D eigenvalue weighted by Gasteiger charge is 2.31. The second-order valence-electron chi connectivity index (χ2n) is 20.7. The predicted molar refractivity (Wildman–Crippen MR) is 261 cm³/mol. The second kappa shape index (κ2) is 20.5. The molecule has 0 amide bonds. The first-order valence-electron chi connectivity index (χ1n) is 23.8. The lowest BCUT2D eigenvalue weighted by Crippen LogP contribution is -2.55. The summed E-state index contributed by atoms with van der Waals surface area (Å²) in [7, 11) is 0. The Balaban J connectivity index is 1.97. The molecule has 4 rings (SSSR count). The molecule has 9 heteroatoms. The van der Waals surface area contributed by atoms with E-state index in [0.717, 1.165) is 124 Å². The van der Waals surface area contributed by atoms with Crippen LogP contribution in [0.5, 0.6) is 17.2 Å². The molecule has 0 aliphatic carbocycles. The number of nitrogens with zero attached hydrogens (tertiary/aromatic N) is 3. The van der Waals surface area contributed by atoms with Crippen LogP contribution in [0.2, 0.25) is 0 Å². The maximum atomic E-state index is 14.8. The van der Waals surface area contributed by atoms with Gasteiger partial charge in [-0.3, -0.25) is 0 Å². The Morgan fingerprint density at radius 2 is 0.635 bits per heavy atom. The van der Waals surface area contributed by atoms with Crippen molar-refractivity contribution in [3.63, 3.8) is 0 Å². The van der Waals surface area contributed by atoms with E-state index in [1.54, 1.807) is 0 Å². The molecular formula is C54H81N3O6. The number of phenolic OH excluding ortho intramolecular Hbond substituents is 3. The Labute approximate surface area is 378 Å². The molecule has 0 atom stereocenters. The molecule has 0 aliphatic rings. The van der Waals surface area contributed by atoms with Crippen LogP contribution in [0.3, 0.4) is 0 Å². The third-order valence-corrected chi connectivity index (χ3v) is 14.4. The first-order chi connectivity index (χ1) is 29.4. The van der Waals surface area contributed by atoms with Gasteiger partial charge in [-0.25, -0.2) is 28.1 Å². The van der Waals surface area contributed by atoms with Crippen LogP contribution in [0.4, 0.5) is 0 Å². The van der Waals surface area contributed by atoms with E-state index in [4.69, 9.17) is 0 Å². The first-order valence-corrected chi connectivity index (χ1v) is 23.8. The number of rotatable bonds is 21. The first kappa shape index (κ1) is 51.1. The average molecular weight is 868 g/mol. The van der Waals surface area contributed by atoms with Gasteiger partial charge in [-0.05, 0) is 127 Å². The zero-order chi connectivity index (χ0) is 47.4. The van der Waals surface area contributed by atoms with Crippen molar-refractivity contribution in [2.24, 2.45) is 0 Å². The largest absolute Gasteiger partial charge is 0.507 e. The molecule has 3 N–H and O–H groups in total. The molecule has 0 spiro atoms. The number of phenols is 3. The lowest BCUT2D eigenvalue weighted by molar-refractivity contribution is 0.404. The highest BCUT2D eigenvalue weighted by molar-refractivity contribution is 5.54. The van der Waals surface area contributed by atoms with E-state index in [2.05, 4.69) is 62.3 Å². The number of aryl methyl sites for hydroxylation is 3. The number of benzene rings is 3. The maximum Gasteiger partial charge on any atom is 0.336 e. The van der Waals surface area contributed by atoms with Crippen molar-refractivity contribution in [3.05, 3.63) is 116 Å². The van der Waals surface area contributed by atoms with E-state index in [-0.39, 0.29) is 53.1 Å². The molecule has 3 aromatic carbocycles. The summed E-state index contributed by atoms with van der Waals surface area (Å²) >= 11 is 0. The maximum absolute atomic E-state index is 14.8. The summed E-state index contributed by atoms with van der Waals surface area (Å²) in [4.78, 5) is 44.4. The summed E-state index contributed by atoms with van der Waals surface area (Å²) in [6, 6.07) is 5.93. The van der Waals surface area contributed by atoms with Crippen molar-refractivity contribution >= 4 is 0 Å². The van der Waals surface area contributed by atoms with Gasteiger partial charge in [0, 0.05) is 16.7 Å². The molecule has 9 nitrogen and oxygen atoms in total. The standard InChI is InChI=1S/C54H81N3O6/c1-16-19-22-25-52(10,11)43-28-34(4)40(37(7)46(43)58)31-55-49(61)56(32-41-35(5)29-44(47(59)38(41)8)53(12,13)26-23-20-17-2)51(63)57(50(55)62)33-42-36(6)30-45(48(60)39(42)9)54(14,15)27-24-21-18-3/h28-30,58-60H,16-27,31-33H2,1-15H3. The fraction of sp³-hybridized carbons (Fsp3) is 0.611. The number of unbranched alkanes of at least 4 members (excludes halogenated alkanes) is 6. The fourth-order valence-electron chi connectivity index (χ4n) is 9.73. The van der Waals surface area contributed by atoms with Crippen molar-refractivity contribution in [2.75, 3.05) is 0 Å². The van der Waals surface area contributed by atoms with Crippen LogP contribution < -0.4 is 17.1 Å². The molecule has 1 heterocycles. The van der Waals surface area contributed by atoms with Gasteiger partial charge in [0.2, 0.25) is 0 Å². The van der Waals surface area contributed by atoms with E-state index in [1.165, 1.54) is 0 Å². The van der Waals surface area contributed by atoms with Crippen LogP contribution in [0.25, 0.3) is 0 Å². The van der Waals surface area contributed by atoms with Gasteiger partial charge in [0.15, 0.2) is 0 Å². The molecule has 0 aliphatic heterocycles. The summed E-state index contributed by atoms with van der Waals surface area (Å²) < 4.78 is 3.31. The molecule has 63 heavy (non-hydrogen) atoms. The highest BCUT2D eigenvalue weighted by Crippen LogP contribution is 2.42. The second-order valence-corrected chi connectivity index (χ2v) is 20.7. The van der Waals surface area contributed by atoms with Crippen LogP contribution in [0, 0.1) is 41.5 Å². The zero-order valence-electron chi connectivity index (χ0n) is 41.7. The lowest BCUT2D eigenvalue weighted by atomic mass is 9.77. The minimum Gasteiger partial charge on any atom is -0.507 e. The molecule has 0 saturated heterocycles. The summed E-state index contributed by atoms with van der Waals surface area (Å²) in [6.07, 6.45) is 12.4. The van der Waals surface area contributed by atoms with Crippen LogP contribution in [-0.2, 0) is 35.9 Å². The van der Waals surface area contributed by atoms with E-state index >= 15 is 0 Å². The molecule has 0 radical (unpaired) electrons. The molecule has 0 bridgehead atoms. The summed E-state index contributed by atoms with van der Waals surface area (Å²) in [6.45, 7) is 30.1. The van der Waals surface area contributed by atoms with Gasteiger partial charge in [0.05, 0.1) is 19.6 Å². The van der Waals surface area contributed by atoms with Gasteiger partial charge in [0.1, 0.15) is 17.2 Å². The summed E-state index contributed by atoms with van der Waals surface area (Å²) in [5.74, 6) is 0.452. The number of aromatic nitrogens is 3. The van der Waals surface area contributed by atoms with Gasteiger partial charge >= 0.3 is 17.1 Å². The van der Waals surface area contributed by atoms with E-state index in [9.17, 15) is 29.7 Å². The van der Waals surface area contributed by atoms with Crippen molar-refractivity contribution in [1.29, 1.82) is 0 Å². The van der Waals surface area contributed by atoms with Gasteiger partial charge < -0.3 is 15.3 Å². The molecule has 0 saturated carbocycles. The van der Waals surface area contributed by atoms with Crippen molar-refractivity contribution in [2.45, 2.75) is 217 Å². The Morgan fingerprint density at radius 1 is 0.413 bits per heavy atom. The highest BCUT2D eigenvalue weighted by atomic mass is 16.3. The van der Waals surface area contributed by atoms with Gasteiger partial charge in [-0.15, -0.1) is 0 Å². The smallest absolute Gasteiger partial charge is 0.336 e. The van der Waals surface area contributed by atoms with Crippen molar-refractivity contribution in [1.82, 2.24) is 13.7 Å². The number of hydrogen-bond acceptors (Lipinski definition) is 6. The van der Waals surface area contributed by atoms with E-state index in [1.807, 2.05) is 59.7 Å². The third kappa shape index (κ3) is 10.9. The molecule has 348 valence electrons. The Bertz CT molecular complexity index is 2160. The Hall–Kier alpha value is -4.53. The van der Waals surface area contributed by atoms with Gasteiger partial charge in [-0.2, -0.15) is 0 Å². The summed E-state index contributed by atoms with van der Waals surface area (Å²) in [5, 5.41) is 35.2. The molecule has 0 unspecified atom stereocenters. The average Bonchev–Trinajstić information content (AvgIpc) is 3.21. The normalized spacial score (nSPS) is 12.4. The minimum atomic E-state index is -0.772. The molecule has 4 aromatic rings. The van der Waals surface area contributed by atoms with Crippen molar-refractivity contribution in [3.8, 4) is 17.2 Å². The van der Waals surface area contributed by atoms with Crippen LogP contribution in [-0.4, -0.2) is 29.0 Å². The number of aromatic hydroxyl groups is 3. The van der Waals surface area contributed by atoms with E-state index < -0.39 is 17.1 Å². The number of hydrogen-bond donors (Lipinski definition) is 3. The summed E-state index contributed by atoms with van der Waals surface area (Å²) in [5.41, 5.74) is 5.46. The SMILES string of the molecule is CCCCCC(C)(C)c1cc(C)c(Cn2c(=O)n(Cc3c(C)cc(C(C)(C)CCCCC)c(O)c3C)c(=O)n(Cc3c(C)cc(C(C)(C)CCCCC)c(O)c3C)c2=O)c(C)c1O. The molecule has 1 aromatic heterocycles. The lowest BCUT2D eigenvalue weighted by Gasteiger charge is -2.29. The van der Waals surface area contributed by atoms with E-state index in [0.29, 0.717) is 33.4 Å². The van der Waals surface area contributed by atoms with Gasteiger partial charge in [0.25, 0.3) is 0 Å².